The Bertz CT molecular complexity index is 529. The summed E-state index contributed by atoms with van der Waals surface area (Å²) in [6, 6.07) is 1.51. The van der Waals surface area contributed by atoms with Gasteiger partial charge in [0, 0.05) is 26.5 Å². The van der Waals surface area contributed by atoms with Crippen molar-refractivity contribution in [3.8, 4) is 11.8 Å². The summed E-state index contributed by atoms with van der Waals surface area (Å²) in [6.45, 7) is -0.379. The highest BCUT2D eigenvalue weighted by Crippen LogP contribution is 2.05. The zero-order valence-corrected chi connectivity index (χ0v) is 10.8. The minimum Gasteiger partial charge on any atom is -0.384 e. The summed E-state index contributed by atoms with van der Waals surface area (Å²) < 4.78 is 0. The van der Waals surface area contributed by atoms with E-state index in [9.17, 15) is 9.59 Å². The first kappa shape index (κ1) is 14.7. The monoisotopic (exact) mass is 261 g/mol. The molecule has 6 nitrogen and oxygen atoms in total. The lowest BCUT2D eigenvalue weighted by atomic mass is 10.1. The number of aliphatic hydroxyl groups excluding tert-OH is 1. The molecule has 1 aromatic rings. The number of aliphatic hydroxyl groups is 1. The quantitative estimate of drug-likeness (QED) is 0.701. The van der Waals surface area contributed by atoms with Crippen LogP contribution in [0.5, 0.6) is 0 Å². The fraction of sp³-hybridized carbons (Fsp3) is 0.308. The summed E-state index contributed by atoms with van der Waals surface area (Å²) >= 11 is 0. The zero-order chi connectivity index (χ0) is 14.3. The second-order valence-corrected chi connectivity index (χ2v) is 3.85. The van der Waals surface area contributed by atoms with E-state index < -0.39 is 5.91 Å². The fourth-order valence-electron chi connectivity index (χ4n) is 1.24. The van der Waals surface area contributed by atoms with E-state index in [0.717, 1.165) is 0 Å². The Morgan fingerprint density at radius 1 is 1.47 bits per heavy atom. The number of hydrogen-bond donors (Lipinski definition) is 2. The second-order valence-electron chi connectivity index (χ2n) is 3.85. The largest absolute Gasteiger partial charge is 0.384 e. The molecule has 0 bridgehead atoms. The highest BCUT2D eigenvalue weighted by molar-refractivity contribution is 5.98. The van der Waals surface area contributed by atoms with Gasteiger partial charge in [-0.15, -0.1) is 0 Å². The Hall–Kier alpha value is -2.39. The van der Waals surface area contributed by atoms with Crippen LogP contribution in [0.4, 0.5) is 0 Å². The summed E-state index contributed by atoms with van der Waals surface area (Å²) in [7, 11) is 3.22. The van der Waals surface area contributed by atoms with Crippen LogP contribution in [0.25, 0.3) is 0 Å². The maximum Gasteiger partial charge on any atom is 0.253 e. The smallest absolute Gasteiger partial charge is 0.253 e. The predicted molar refractivity (Wildman–Crippen MR) is 69.2 cm³/mol. The number of carbonyl (C=O) groups is 2. The van der Waals surface area contributed by atoms with Crippen LogP contribution in [0.1, 0.15) is 15.9 Å². The Morgan fingerprint density at radius 3 is 2.84 bits per heavy atom. The molecule has 2 amide bonds. The van der Waals surface area contributed by atoms with Gasteiger partial charge in [-0.1, -0.05) is 11.8 Å². The molecule has 1 rings (SSSR count). The van der Waals surface area contributed by atoms with E-state index in [-0.39, 0.29) is 19.1 Å². The Balaban J connectivity index is 2.80. The molecule has 0 fully saturated rings. The molecule has 1 aromatic heterocycles. The number of carbonyl (C=O) groups excluding carboxylic acids is 2. The van der Waals surface area contributed by atoms with Gasteiger partial charge >= 0.3 is 0 Å². The van der Waals surface area contributed by atoms with Crippen LogP contribution in [0.2, 0.25) is 0 Å². The van der Waals surface area contributed by atoms with Crippen LogP contribution < -0.4 is 5.32 Å². The maximum absolute atomic E-state index is 11.9. The van der Waals surface area contributed by atoms with Gasteiger partial charge < -0.3 is 15.3 Å². The highest BCUT2D eigenvalue weighted by atomic mass is 16.2. The molecule has 0 spiro atoms. The Labute approximate surface area is 111 Å². The molecule has 0 saturated heterocycles. The van der Waals surface area contributed by atoms with Crippen LogP contribution >= 0.6 is 0 Å². The van der Waals surface area contributed by atoms with Crippen molar-refractivity contribution >= 4 is 11.8 Å². The van der Waals surface area contributed by atoms with E-state index in [1.54, 1.807) is 14.1 Å². The summed E-state index contributed by atoms with van der Waals surface area (Å²) in [4.78, 5) is 28.5. The predicted octanol–water partition coefficient (Wildman–Crippen LogP) is -0.757. The number of aromatic nitrogens is 1. The molecule has 0 radical (unpaired) electrons. The maximum atomic E-state index is 11.9. The third-order valence-electron chi connectivity index (χ3n) is 2.27. The van der Waals surface area contributed by atoms with Crippen LogP contribution in [0, 0.1) is 11.8 Å². The van der Waals surface area contributed by atoms with E-state index in [2.05, 4.69) is 22.1 Å². The molecule has 0 aromatic carbocycles. The molecule has 0 aliphatic heterocycles. The first-order valence-electron chi connectivity index (χ1n) is 5.58. The molecular formula is C13H15N3O3. The standard InChI is InChI=1S/C13H15N3O3/c1-16(2)12(18)9-15-13(19)11-5-6-14-8-10(11)4-3-7-17/h5-6,8,17H,7,9H2,1-2H3,(H,15,19). The summed E-state index contributed by atoms with van der Waals surface area (Å²) in [5.41, 5.74) is 0.730. The van der Waals surface area contributed by atoms with Gasteiger partial charge in [-0.2, -0.15) is 0 Å². The minimum atomic E-state index is -0.403. The van der Waals surface area contributed by atoms with E-state index in [4.69, 9.17) is 5.11 Å². The van der Waals surface area contributed by atoms with Crippen molar-refractivity contribution in [2.45, 2.75) is 0 Å². The molecule has 0 aliphatic rings. The highest BCUT2D eigenvalue weighted by Gasteiger charge is 2.12. The number of amides is 2. The number of pyridine rings is 1. The average molecular weight is 261 g/mol. The SMILES string of the molecule is CN(C)C(=O)CNC(=O)c1ccncc1C#CCO. The third kappa shape index (κ3) is 4.41. The van der Waals surface area contributed by atoms with E-state index >= 15 is 0 Å². The van der Waals surface area contributed by atoms with Crippen molar-refractivity contribution in [1.29, 1.82) is 0 Å². The van der Waals surface area contributed by atoms with Gasteiger partial charge in [0.15, 0.2) is 0 Å². The topological polar surface area (TPSA) is 82.5 Å². The molecule has 0 atom stereocenters. The van der Waals surface area contributed by atoms with Crippen molar-refractivity contribution in [3.63, 3.8) is 0 Å². The lowest BCUT2D eigenvalue weighted by Crippen LogP contribution is -2.36. The first-order chi connectivity index (χ1) is 9.06. The molecule has 2 N–H and O–H groups in total. The van der Waals surface area contributed by atoms with Crippen molar-refractivity contribution in [2.24, 2.45) is 0 Å². The Kier molecular flexibility index (Phi) is 5.51. The van der Waals surface area contributed by atoms with E-state index in [1.807, 2.05) is 0 Å². The fourth-order valence-corrected chi connectivity index (χ4v) is 1.24. The van der Waals surface area contributed by atoms with Gasteiger partial charge in [0.25, 0.3) is 5.91 Å². The normalized spacial score (nSPS) is 9.21. The number of nitrogens with zero attached hydrogens (tertiary/aromatic N) is 2. The van der Waals surface area contributed by atoms with E-state index in [0.29, 0.717) is 11.1 Å². The lowest BCUT2D eigenvalue weighted by molar-refractivity contribution is -0.127. The Morgan fingerprint density at radius 2 is 2.21 bits per heavy atom. The van der Waals surface area contributed by atoms with Crippen molar-refractivity contribution < 1.29 is 14.7 Å². The summed E-state index contributed by atoms with van der Waals surface area (Å²) in [6.07, 6.45) is 2.90. The molecule has 0 unspecified atom stereocenters. The third-order valence-corrected chi connectivity index (χ3v) is 2.27. The number of nitrogens with one attached hydrogen (secondary N) is 1. The summed E-state index contributed by atoms with van der Waals surface area (Å²) in [5, 5.41) is 11.2. The first-order valence-corrected chi connectivity index (χ1v) is 5.58. The van der Waals surface area contributed by atoms with Crippen molar-refractivity contribution in [2.75, 3.05) is 27.2 Å². The van der Waals surface area contributed by atoms with Gasteiger partial charge in [0.05, 0.1) is 17.7 Å². The number of rotatable bonds is 3. The van der Waals surface area contributed by atoms with Crippen molar-refractivity contribution in [3.05, 3.63) is 29.6 Å². The molecule has 0 saturated carbocycles. The van der Waals surface area contributed by atoms with E-state index in [1.165, 1.54) is 23.4 Å². The van der Waals surface area contributed by atoms with Crippen LogP contribution in [0.3, 0.4) is 0 Å². The van der Waals surface area contributed by atoms with Crippen LogP contribution in [-0.2, 0) is 4.79 Å². The van der Waals surface area contributed by atoms with Gasteiger partial charge in [0.2, 0.25) is 5.91 Å². The zero-order valence-electron chi connectivity index (χ0n) is 10.8. The molecule has 100 valence electrons. The molecule has 19 heavy (non-hydrogen) atoms. The van der Waals surface area contributed by atoms with Crippen molar-refractivity contribution in [1.82, 2.24) is 15.2 Å². The number of likely N-dealkylation sites (N-methyl/N-ethyl adjacent to an activating group) is 1. The molecular weight excluding hydrogens is 246 g/mol. The molecule has 1 heterocycles. The van der Waals surface area contributed by atoms with Crippen LogP contribution in [0.15, 0.2) is 18.5 Å². The molecule has 6 heteroatoms. The van der Waals surface area contributed by atoms with Crippen LogP contribution in [-0.4, -0.2) is 54.1 Å². The van der Waals surface area contributed by atoms with Gasteiger partial charge in [-0.25, -0.2) is 0 Å². The lowest BCUT2D eigenvalue weighted by Gasteiger charge is -2.11. The van der Waals surface area contributed by atoms with Gasteiger partial charge in [-0.3, -0.25) is 14.6 Å². The summed E-state index contributed by atoms with van der Waals surface area (Å²) in [5.74, 6) is 4.48. The number of hydrogen-bond acceptors (Lipinski definition) is 4. The van der Waals surface area contributed by atoms with Gasteiger partial charge in [-0.05, 0) is 6.07 Å². The molecule has 0 aliphatic carbocycles. The minimum absolute atomic E-state index is 0.0823. The second kappa shape index (κ2) is 7.13. The van der Waals surface area contributed by atoms with Gasteiger partial charge in [0.1, 0.15) is 6.61 Å². The average Bonchev–Trinajstić information content (AvgIpc) is 2.42.